The van der Waals surface area contributed by atoms with Crippen molar-refractivity contribution in [2.24, 2.45) is 0 Å². The summed E-state index contributed by atoms with van der Waals surface area (Å²) in [6, 6.07) is 0.565. The zero-order valence-electron chi connectivity index (χ0n) is 8.70. The highest BCUT2D eigenvalue weighted by Gasteiger charge is 2.12. The molecule has 78 valence electrons. The lowest BCUT2D eigenvalue weighted by molar-refractivity contribution is 0.445. The molecule has 0 radical (unpaired) electrons. The molecule has 5 heteroatoms. The fraction of sp³-hybridized carbons (Fsp3) is 0.667. The first kappa shape index (κ1) is 10.8. The second-order valence-corrected chi connectivity index (χ2v) is 3.43. The van der Waals surface area contributed by atoms with E-state index in [9.17, 15) is 0 Å². The SMILES string of the molecule is C=CCCC(C)NC(C)c1nn[nH]n1. The average molecular weight is 195 g/mol. The highest BCUT2D eigenvalue weighted by atomic mass is 15.5. The number of aromatic amines is 1. The van der Waals surface area contributed by atoms with E-state index in [1.807, 2.05) is 13.0 Å². The number of nitrogens with zero attached hydrogens (tertiary/aromatic N) is 3. The largest absolute Gasteiger partial charge is 0.305 e. The number of tetrazole rings is 1. The molecule has 0 aliphatic carbocycles. The molecule has 1 heterocycles. The van der Waals surface area contributed by atoms with Crippen LogP contribution >= 0.6 is 0 Å². The number of nitrogens with one attached hydrogen (secondary N) is 2. The molecule has 0 saturated heterocycles. The minimum absolute atomic E-state index is 0.133. The summed E-state index contributed by atoms with van der Waals surface area (Å²) in [5.41, 5.74) is 0. The van der Waals surface area contributed by atoms with Gasteiger partial charge in [0.2, 0.25) is 0 Å². The molecule has 0 saturated carbocycles. The summed E-state index contributed by atoms with van der Waals surface area (Å²) in [5, 5.41) is 17.2. The monoisotopic (exact) mass is 195 g/mol. The molecule has 0 spiro atoms. The molecule has 0 bridgehead atoms. The van der Waals surface area contributed by atoms with E-state index in [1.54, 1.807) is 0 Å². The van der Waals surface area contributed by atoms with Gasteiger partial charge < -0.3 is 5.32 Å². The van der Waals surface area contributed by atoms with Crippen LogP contribution in [0.25, 0.3) is 0 Å². The molecular weight excluding hydrogens is 178 g/mol. The zero-order valence-corrected chi connectivity index (χ0v) is 8.70. The number of H-pyrrole nitrogens is 1. The third kappa shape index (κ3) is 3.26. The van der Waals surface area contributed by atoms with Crippen molar-refractivity contribution in [3.8, 4) is 0 Å². The number of aromatic nitrogens is 4. The van der Waals surface area contributed by atoms with Gasteiger partial charge in [-0.15, -0.1) is 16.8 Å². The highest BCUT2D eigenvalue weighted by Crippen LogP contribution is 2.07. The number of allylic oxidation sites excluding steroid dienone is 1. The van der Waals surface area contributed by atoms with E-state index < -0.39 is 0 Å². The summed E-state index contributed by atoms with van der Waals surface area (Å²) in [7, 11) is 0. The van der Waals surface area contributed by atoms with Crippen molar-refractivity contribution in [2.45, 2.75) is 38.8 Å². The Kier molecular flexibility index (Phi) is 4.25. The lowest BCUT2D eigenvalue weighted by Crippen LogP contribution is -2.29. The Morgan fingerprint density at radius 2 is 2.36 bits per heavy atom. The molecule has 2 unspecified atom stereocenters. The van der Waals surface area contributed by atoms with Gasteiger partial charge in [-0.05, 0) is 26.7 Å². The van der Waals surface area contributed by atoms with Crippen molar-refractivity contribution >= 4 is 0 Å². The fourth-order valence-electron chi connectivity index (χ4n) is 1.31. The predicted octanol–water partition coefficient (Wildman–Crippen LogP) is 1.20. The highest BCUT2D eigenvalue weighted by molar-refractivity contribution is 4.87. The van der Waals surface area contributed by atoms with Crippen LogP contribution in [0.3, 0.4) is 0 Å². The van der Waals surface area contributed by atoms with Crippen molar-refractivity contribution in [3.63, 3.8) is 0 Å². The average Bonchev–Trinajstić information content (AvgIpc) is 2.67. The molecule has 5 nitrogen and oxygen atoms in total. The van der Waals surface area contributed by atoms with E-state index in [0.29, 0.717) is 11.9 Å². The number of hydrogen-bond acceptors (Lipinski definition) is 4. The van der Waals surface area contributed by atoms with E-state index in [0.717, 1.165) is 12.8 Å². The lowest BCUT2D eigenvalue weighted by Gasteiger charge is -2.16. The van der Waals surface area contributed by atoms with E-state index in [2.05, 4.69) is 39.4 Å². The second kappa shape index (κ2) is 5.49. The van der Waals surface area contributed by atoms with Crippen molar-refractivity contribution in [1.29, 1.82) is 0 Å². The minimum Gasteiger partial charge on any atom is -0.305 e. The summed E-state index contributed by atoms with van der Waals surface area (Å²) in [6.45, 7) is 7.86. The van der Waals surface area contributed by atoms with Gasteiger partial charge in [-0.1, -0.05) is 11.3 Å². The molecule has 2 atom stereocenters. The van der Waals surface area contributed by atoms with Crippen LogP contribution in [-0.2, 0) is 0 Å². The maximum absolute atomic E-state index is 3.92. The van der Waals surface area contributed by atoms with Gasteiger partial charge in [0.15, 0.2) is 5.82 Å². The topological polar surface area (TPSA) is 66.5 Å². The van der Waals surface area contributed by atoms with Gasteiger partial charge in [0.25, 0.3) is 0 Å². The van der Waals surface area contributed by atoms with Gasteiger partial charge in [0.05, 0.1) is 6.04 Å². The molecule has 0 amide bonds. The van der Waals surface area contributed by atoms with Gasteiger partial charge in [0, 0.05) is 6.04 Å². The molecule has 0 aliphatic heterocycles. The van der Waals surface area contributed by atoms with Crippen molar-refractivity contribution in [1.82, 2.24) is 25.9 Å². The van der Waals surface area contributed by atoms with Crippen LogP contribution in [-0.4, -0.2) is 26.7 Å². The molecule has 2 N–H and O–H groups in total. The van der Waals surface area contributed by atoms with Crippen LogP contribution in [0.5, 0.6) is 0 Å². The molecule has 0 fully saturated rings. The van der Waals surface area contributed by atoms with E-state index >= 15 is 0 Å². The van der Waals surface area contributed by atoms with E-state index in [4.69, 9.17) is 0 Å². The molecule has 1 rings (SSSR count). The van der Waals surface area contributed by atoms with E-state index in [-0.39, 0.29) is 6.04 Å². The lowest BCUT2D eigenvalue weighted by atomic mass is 10.1. The summed E-state index contributed by atoms with van der Waals surface area (Å²) in [5.74, 6) is 0.704. The van der Waals surface area contributed by atoms with Crippen LogP contribution in [0.4, 0.5) is 0 Å². The molecule has 0 aromatic carbocycles. The Labute approximate surface area is 84.0 Å². The first-order valence-corrected chi connectivity index (χ1v) is 4.84. The standard InChI is InChI=1S/C9H17N5/c1-4-5-6-7(2)10-8(3)9-11-13-14-12-9/h4,7-8,10H,1,5-6H2,2-3H3,(H,11,12,13,14). The molecule has 1 aromatic heterocycles. The Bertz CT molecular complexity index is 256. The Hall–Kier alpha value is -1.23. The molecule has 0 aliphatic rings. The summed E-state index contributed by atoms with van der Waals surface area (Å²) in [6.07, 6.45) is 4.02. The minimum atomic E-state index is 0.133. The third-order valence-corrected chi connectivity index (χ3v) is 2.09. The molecule has 14 heavy (non-hydrogen) atoms. The van der Waals surface area contributed by atoms with Crippen LogP contribution in [0, 0.1) is 0 Å². The van der Waals surface area contributed by atoms with Crippen LogP contribution in [0.1, 0.15) is 38.6 Å². The summed E-state index contributed by atoms with van der Waals surface area (Å²) < 4.78 is 0. The maximum Gasteiger partial charge on any atom is 0.191 e. The Morgan fingerprint density at radius 1 is 1.57 bits per heavy atom. The fourth-order valence-corrected chi connectivity index (χ4v) is 1.31. The second-order valence-electron chi connectivity index (χ2n) is 3.43. The van der Waals surface area contributed by atoms with E-state index in [1.165, 1.54) is 0 Å². The predicted molar refractivity (Wildman–Crippen MR) is 54.6 cm³/mol. The van der Waals surface area contributed by atoms with Crippen LogP contribution in [0.15, 0.2) is 12.7 Å². The Morgan fingerprint density at radius 3 is 2.93 bits per heavy atom. The molecular formula is C9H17N5. The number of hydrogen-bond donors (Lipinski definition) is 2. The Balaban J connectivity index is 2.33. The normalized spacial score (nSPS) is 15.0. The quantitative estimate of drug-likeness (QED) is 0.669. The molecule has 1 aromatic rings. The van der Waals surface area contributed by atoms with Gasteiger partial charge in [-0.3, -0.25) is 0 Å². The maximum atomic E-state index is 3.92. The summed E-state index contributed by atoms with van der Waals surface area (Å²) in [4.78, 5) is 0. The zero-order chi connectivity index (χ0) is 10.4. The van der Waals surface area contributed by atoms with Crippen molar-refractivity contribution < 1.29 is 0 Å². The first-order valence-electron chi connectivity index (χ1n) is 4.84. The van der Waals surface area contributed by atoms with Crippen molar-refractivity contribution in [3.05, 3.63) is 18.5 Å². The summed E-state index contributed by atoms with van der Waals surface area (Å²) >= 11 is 0. The third-order valence-electron chi connectivity index (χ3n) is 2.09. The van der Waals surface area contributed by atoms with Crippen LogP contribution < -0.4 is 5.32 Å². The van der Waals surface area contributed by atoms with Crippen LogP contribution in [0.2, 0.25) is 0 Å². The van der Waals surface area contributed by atoms with Crippen molar-refractivity contribution in [2.75, 3.05) is 0 Å². The van der Waals surface area contributed by atoms with Gasteiger partial charge >= 0.3 is 0 Å². The smallest absolute Gasteiger partial charge is 0.191 e. The van der Waals surface area contributed by atoms with Gasteiger partial charge in [0.1, 0.15) is 0 Å². The van der Waals surface area contributed by atoms with Gasteiger partial charge in [-0.25, -0.2) is 0 Å². The first-order chi connectivity index (χ1) is 6.74. The number of rotatable bonds is 6. The van der Waals surface area contributed by atoms with Gasteiger partial charge in [-0.2, -0.15) is 5.21 Å².